The van der Waals surface area contributed by atoms with Crippen LogP contribution in [0.2, 0.25) is 0 Å². The zero-order valence-electron chi connectivity index (χ0n) is 13.2. The lowest BCUT2D eigenvalue weighted by atomic mass is 10.1. The van der Waals surface area contributed by atoms with Crippen molar-refractivity contribution in [1.82, 2.24) is 9.80 Å². The first kappa shape index (κ1) is 17.1. The molecule has 0 aliphatic carbocycles. The lowest BCUT2D eigenvalue weighted by Crippen LogP contribution is -2.39. The fourth-order valence-electron chi connectivity index (χ4n) is 2.05. The van der Waals surface area contributed by atoms with Crippen LogP contribution in [0, 0.1) is 12.8 Å². The Labute approximate surface area is 128 Å². The molecule has 3 nitrogen and oxygen atoms in total. The molecule has 1 aromatic rings. The summed E-state index contributed by atoms with van der Waals surface area (Å²) < 4.78 is 0. The molecule has 20 heavy (non-hydrogen) atoms. The molecule has 1 amide bonds. The van der Waals surface area contributed by atoms with Gasteiger partial charge in [0, 0.05) is 30.1 Å². The van der Waals surface area contributed by atoms with Gasteiger partial charge in [-0.2, -0.15) is 0 Å². The molecule has 0 saturated carbocycles. The highest BCUT2D eigenvalue weighted by molar-refractivity contribution is 7.80. The molecule has 0 saturated heterocycles. The van der Waals surface area contributed by atoms with Crippen LogP contribution in [-0.4, -0.2) is 49.4 Å². The lowest BCUT2D eigenvalue weighted by molar-refractivity contribution is 0.0723. The zero-order chi connectivity index (χ0) is 15.3. The predicted octanol–water partition coefficient (Wildman–Crippen LogP) is 2.94. The fourth-order valence-corrected chi connectivity index (χ4v) is 2.25. The Morgan fingerprint density at radius 3 is 2.45 bits per heavy atom. The highest BCUT2D eigenvalue weighted by Gasteiger charge is 2.18. The van der Waals surface area contributed by atoms with Crippen LogP contribution >= 0.6 is 12.6 Å². The van der Waals surface area contributed by atoms with Crippen LogP contribution in [0.15, 0.2) is 23.1 Å². The number of likely N-dealkylation sites (N-methyl/N-ethyl adjacent to an activating group) is 1. The maximum Gasteiger partial charge on any atom is 0.254 e. The molecule has 0 aliphatic heterocycles. The molecule has 0 unspecified atom stereocenters. The van der Waals surface area contributed by atoms with Gasteiger partial charge in [-0.05, 0) is 44.6 Å². The molecule has 112 valence electrons. The third kappa shape index (κ3) is 5.17. The van der Waals surface area contributed by atoms with E-state index in [1.165, 1.54) is 0 Å². The summed E-state index contributed by atoms with van der Waals surface area (Å²) in [6.45, 7) is 8.65. The van der Waals surface area contributed by atoms with Crippen molar-refractivity contribution in [3.8, 4) is 0 Å². The summed E-state index contributed by atoms with van der Waals surface area (Å²) in [7, 11) is 4.05. The van der Waals surface area contributed by atoms with E-state index in [0.29, 0.717) is 5.92 Å². The molecule has 1 rings (SSSR count). The van der Waals surface area contributed by atoms with Crippen LogP contribution in [0.3, 0.4) is 0 Å². The number of aryl methyl sites for hydroxylation is 1. The molecule has 0 heterocycles. The molecule has 0 bridgehead atoms. The first-order valence-corrected chi connectivity index (χ1v) is 7.49. The van der Waals surface area contributed by atoms with E-state index in [-0.39, 0.29) is 5.91 Å². The van der Waals surface area contributed by atoms with Crippen LogP contribution < -0.4 is 0 Å². The van der Waals surface area contributed by atoms with Crippen LogP contribution in [0.5, 0.6) is 0 Å². The van der Waals surface area contributed by atoms with Crippen molar-refractivity contribution in [3.63, 3.8) is 0 Å². The van der Waals surface area contributed by atoms with Gasteiger partial charge in [-0.1, -0.05) is 19.9 Å². The minimum atomic E-state index is 0.106. The third-order valence-electron chi connectivity index (χ3n) is 3.14. The number of thiol groups is 1. The number of carbonyl (C=O) groups excluding carboxylic acids is 1. The van der Waals surface area contributed by atoms with Crippen LogP contribution in [-0.2, 0) is 0 Å². The van der Waals surface area contributed by atoms with Gasteiger partial charge in [0.05, 0.1) is 0 Å². The number of nitrogens with zero attached hydrogens (tertiary/aromatic N) is 2. The number of hydrogen-bond acceptors (Lipinski definition) is 3. The second kappa shape index (κ2) is 7.70. The van der Waals surface area contributed by atoms with E-state index in [1.54, 1.807) is 0 Å². The van der Waals surface area contributed by atoms with Gasteiger partial charge in [0.15, 0.2) is 0 Å². The predicted molar refractivity (Wildman–Crippen MR) is 87.7 cm³/mol. The van der Waals surface area contributed by atoms with Gasteiger partial charge < -0.3 is 9.80 Å². The van der Waals surface area contributed by atoms with Gasteiger partial charge >= 0.3 is 0 Å². The Balaban J connectivity index is 2.93. The van der Waals surface area contributed by atoms with Crippen molar-refractivity contribution >= 4 is 18.5 Å². The van der Waals surface area contributed by atoms with Crippen LogP contribution in [0.25, 0.3) is 0 Å². The fraction of sp³-hybridized carbons (Fsp3) is 0.562. The van der Waals surface area contributed by atoms with Gasteiger partial charge in [0.25, 0.3) is 5.91 Å². The zero-order valence-corrected chi connectivity index (χ0v) is 14.1. The van der Waals surface area contributed by atoms with Crippen molar-refractivity contribution < 1.29 is 4.79 Å². The van der Waals surface area contributed by atoms with Gasteiger partial charge in [-0.25, -0.2) is 0 Å². The highest BCUT2D eigenvalue weighted by atomic mass is 32.1. The average Bonchev–Trinajstić information content (AvgIpc) is 2.36. The Morgan fingerprint density at radius 1 is 1.25 bits per heavy atom. The maximum absolute atomic E-state index is 12.7. The molecule has 4 heteroatoms. The lowest BCUT2D eigenvalue weighted by Gasteiger charge is -2.27. The van der Waals surface area contributed by atoms with Crippen LogP contribution in [0.1, 0.15) is 29.8 Å². The molecule has 0 fully saturated rings. The SMILES string of the molecule is Cc1ccc(S)cc1C(=O)N(CCN(C)C)CC(C)C. The minimum absolute atomic E-state index is 0.106. The minimum Gasteiger partial charge on any atom is -0.337 e. The molecule has 0 atom stereocenters. The van der Waals surface area contributed by atoms with E-state index in [0.717, 1.165) is 35.7 Å². The van der Waals surface area contributed by atoms with Crippen molar-refractivity contribution in [1.29, 1.82) is 0 Å². The van der Waals surface area contributed by atoms with Gasteiger partial charge in [0.1, 0.15) is 0 Å². The summed E-state index contributed by atoms with van der Waals surface area (Å²) in [5.74, 6) is 0.564. The van der Waals surface area contributed by atoms with E-state index in [2.05, 4.69) is 31.4 Å². The van der Waals surface area contributed by atoms with E-state index in [9.17, 15) is 4.79 Å². The standard InChI is InChI=1S/C16H26N2OS/c1-12(2)11-18(9-8-17(4)5)16(19)15-10-14(20)7-6-13(15)3/h6-7,10,12,20H,8-9,11H2,1-5H3. The summed E-state index contributed by atoms with van der Waals surface area (Å²) >= 11 is 4.34. The molecule has 0 spiro atoms. The third-order valence-corrected chi connectivity index (χ3v) is 3.42. The number of carbonyl (C=O) groups is 1. The monoisotopic (exact) mass is 294 g/mol. The number of rotatable bonds is 6. The average molecular weight is 294 g/mol. The largest absolute Gasteiger partial charge is 0.337 e. The second-order valence-electron chi connectivity index (χ2n) is 5.95. The van der Waals surface area contributed by atoms with E-state index >= 15 is 0 Å². The normalized spacial score (nSPS) is 11.2. The van der Waals surface area contributed by atoms with Gasteiger partial charge in [-0.3, -0.25) is 4.79 Å². The topological polar surface area (TPSA) is 23.6 Å². The van der Waals surface area contributed by atoms with Crippen molar-refractivity contribution in [2.24, 2.45) is 5.92 Å². The van der Waals surface area contributed by atoms with Crippen molar-refractivity contribution in [2.45, 2.75) is 25.7 Å². The van der Waals surface area contributed by atoms with Crippen molar-refractivity contribution in [2.75, 3.05) is 33.7 Å². The highest BCUT2D eigenvalue weighted by Crippen LogP contribution is 2.17. The number of amides is 1. The summed E-state index contributed by atoms with van der Waals surface area (Å²) in [5.41, 5.74) is 1.77. The summed E-state index contributed by atoms with van der Waals surface area (Å²) in [6, 6.07) is 5.74. The first-order valence-electron chi connectivity index (χ1n) is 7.05. The quantitative estimate of drug-likeness (QED) is 0.816. The first-order chi connectivity index (χ1) is 9.31. The molecule has 0 radical (unpaired) electrons. The van der Waals surface area contributed by atoms with Gasteiger partial charge in [-0.15, -0.1) is 12.6 Å². The van der Waals surface area contributed by atoms with E-state index < -0.39 is 0 Å². The summed E-state index contributed by atoms with van der Waals surface area (Å²) in [6.07, 6.45) is 0. The summed E-state index contributed by atoms with van der Waals surface area (Å²) in [5, 5.41) is 0. The summed E-state index contributed by atoms with van der Waals surface area (Å²) in [4.78, 5) is 17.6. The smallest absolute Gasteiger partial charge is 0.254 e. The molecule has 0 aliphatic rings. The molecule has 1 aromatic carbocycles. The molecular weight excluding hydrogens is 268 g/mol. The molecule has 0 N–H and O–H groups in total. The number of benzene rings is 1. The van der Waals surface area contributed by atoms with Crippen molar-refractivity contribution in [3.05, 3.63) is 29.3 Å². The Morgan fingerprint density at radius 2 is 1.90 bits per heavy atom. The van der Waals surface area contributed by atoms with E-state index in [1.807, 2.05) is 44.1 Å². The molecule has 0 aromatic heterocycles. The van der Waals surface area contributed by atoms with Gasteiger partial charge in [0.2, 0.25) is 0 Å². The Kier molecular flexibility index (Phi) is 6.56. The maximum atomic E-state index is 12.7. The Bertz CT molecular complexity index is 458. The molecular formula is C16H26N2OS. The van der Waals surface area contributed by atoms with Crippen LogP contribution in [0.4, 0.5) is 0 Å². The second-order valence-corrected chi connectivity index (χ2v) is 6.46. The number of hydrogen-bond donors (Lipinski definition) is 1. The Hall–Kier alpha value is -1.00. The van der Waals surface area contributed by atoms with E-state index in [4.69, 9.17) is 0 Å².